The molecule has 0 aliphatic heterocycles. The summed E-state index contributed by atoms with van der Waals surface area (Å²) in [7, 11) is 4.84. The fourth-order valence-corrected chi connectivity index (χ4v) is 1.81. The first-order valence-corrected chi connectivity index (χ1v) is 5.90. The zero-order chi connectivity index (χ0) is 13.8. The van der Waals surface area contributed by atoms with Gasteiger partial charge in [0.15, 0.2) is 5.82 Å². The Morgan fingerprint density at radius 2 is 2.00 bits per heavy atom. The van der Waals surface area contributed by atoms with Gasteiger partial charge in [-0.15, -0.1) is 10.2 Å². The normalized spacial score (nSPS) is 10.3. The molecule has 0 fully saturated rings. The molecule has 1 N–H and O–H groups in total. The van der Waals surface area contributed by atoms with Crippen LogP contribution in [0.5, 0.6) is 11.5 Å². The van der Waals surface area contributed by atoms with E-state index < -0.39 is 0 Å². The second kappa shape index (κ2) is 5.75. The molecule has 0 atom stereocenters. The second-order valence-electron chi connectivity index (χ2n) is 3.74. The van der Waals surface area contributed by atoms with Crippen molar-refractivity contribution in [1.82, 2.24) is 20.2 Å². The number of rotatable bonds is 5. The Kier molecular flexibility index (Phi) is 4.06. The van der Waals surface area contributed by atoms with Gasteiger partial charge in [-0.25, -0.2) is 0 Å². The Balaban J connectivity index is 2.17. The first-order chi connectivity index (χ1) is 9.13. The van der Waals surface area contributed by atoms with Crippen LogP contribution in [0.3, 0.4) is 0 Å². The van der Waals surface area contributed by atoms with Gasteiger partial charge in [0.2, 0.25) is 0 Å². The largest absolute Gasteiger partial charge is 0.495 e. The molecule has 102 valence electrons. The number of aryl methyl sites for hydroxylation is 1. The number of nitrogens with one attached hydrogen (secondary N) is 1. The van der Waals surface area contributed by atoms with Gasteiger partial charge in [0, 0.05) is 6.07 Å². The van der Waals surface area contributed by atoms with Crippen LogP contribution in [0.4, 0.5) is 5.69 Å². The number of methoxy groups -OCH3 is 2. The van der Waals surface area contributed by atoms with E-state index in [2.05, 4.69) is 20.7 Å². The molecule has 0 spiro atoms. The van der Waals surface area contributed by atoms with Crippen LogP contribution in [0, 0.1) is 0 Å². The lowest BCUT2D eigenvalue weighted by molar-refractivity contribution is 0.395. The van der Waals surface area contributed by atoms with Gasteiger partial charge in [0.05, 0.1) is 38.5 Å². The molecule has 0 aliphatic rings. The summed E-state index contributed by atoms with van der Waals surface area (Å²) in [5.41, 5.74) is 0.737. The third-order valence-corrected chi connectivity index (χ3v) is 2.76. The standard InChI is InChI=1S/C11H14ClN5O2/c1-17-15-11(14-16-17)6-13-8-4-7(12)9(18-2)5-10(8)19-3/h4-5,13H,6H2,1-3H3. The van der Waals surface area contributed by atoms with E-state index in [9.17, 15) is 0 Å². The van der Waals surface area contributed by atoms with Crippen molar-refractivity contribution >= 4 is 17.3 Å². The van der Waals surface area contributed by atoms with Crippen molar-refractivity contribution < 1.29 is 9.47 Å². The first-order valence-electron chi connectivity index (χ1n) is 5.52. The molecular formula is C11H14ClN5O2. The number of anilines is 1. The zero-order valence-corrected chi connectivity index (χ0v) is 11.6. The van der Waals surface area contributed by atoms with Crippen molar-refractivity contribution in [3.63, 3.8) is 0 Å². The van der Waals surface area contributed by atoms with E-state index in [0.29, 0.717) is 28.9 Å². The van der Waals surface area contributed by atoms with Gasteiger partial charge >= 0.3 is 0 Å². The second-order valence-corrected chi connectivity index (χ2v) is 4.14. The number of tetrazole rings is 1. The topological polar surface area (TPSA) is 74.1 Å². The highest BCUT2D eigenvalue weighted by molar-refractivity contribution is 6.32. The number of halogens is 1. The van der Waals surface area contributed by atoms with Crippen LogP contribution in [0.15, 0.2) is 12.1 Å². The van der Waals surface area contributed by atoms with Gasteiger partial charge in [-0.1, -0.05) is 11.6 Å². The molecule has 1 aromatic carbocycles. The summed E-state index contributed by atoms with van der Waals surface area (Å²) in [5.74, 6) is 1.77. The Hall–Kier alpha value is -2.02. The molecule has 0 unspecified atom stereocenters. The van der Waals surface area contributed by atoms with Gasteiger partial charge in [0.25, 0.3) is 0 Å². The van der Waals surface area contributed by atoms with Crippen LogP contribution in [-0.4, -0.2) is 34.4 Å². The molecule has 19 heavy (non-hydrogen) atoms. The van der Waals surface area contributed by atoms with Crippen molar-refractivity contribution in [2.45, 2.75) is 6.54 Å². The molecule has 1 heterocycles. The number of nitrogens with zero attached hydrogens (tertiary/aromatic N) is 4. The van der Waals surface area contributed by atoms with E-state index in [4.69, 9.17) is 21.1 Å². The minimum atomic E-state index is 0.423. The Morgan fingerprint density at radius 3 is 2.58 bits per heavy atom. The number of hydrogen-bond acceptors (Lipinski definition) is 6. The fourth-order valence-electron chi connectivity index (χ4n) is 1.57. The summed E-state index contributed by atoms with van der Waals surface area (Å²) < 4.78 is 10.4. The Morgan fingerprint density at radius 1 is 1.26 bits per heavy atom. The number of ether oxygens (including phenoxy) is 2. The molecule has 7 nitrogen and oxygen atoms in total. The first kappa shape index (κ1) is 13.4. The highest BCUT2D eigenvalue weighted by atomic mass is 35.5. The third-order valence-electron chi connectivity index (χ3n) is 2.46. The SMILES string of the molecule is COc1cc(OC)c(NCc2nnn(C)n2)cc1Cl. The van der Waals surface area contributed by atoms with Gasteiger partial charge < -0.3 is 14.8 Å². The van der Waals surface area contributed by atoms with Gasteiger partial charge in [-0.05, 0) is 11.3 Å². The molecule has 0 bridgehead atoms. The molecule has 2 rings (SSSR count). The number of hydrogen-bond donors (Lipinski definition) is 1. The zero-order valence-electron chi connectivity index (χ0n) is 10.8. The van der Waals surface area contributed by atoms with Crippen molar-refractivity contribution in [2.75, 3.05) is 19.5 Å². The van der Waals surface area contributed by atoms with Gasteiger partial charge in [-0.3, -0.25) is 0 Å². The van der Waals surface area contributed by atoms with Gasteiger partial charge in [0.1, 0.15) is 11.5 Å². The third kappa shape index (κ3) is 3.05. The van der Waals surface area contributed by atoms with Crippen LogP contribution < -0.4 is 14.8 Å². The maximum absolute atomic E-state index is 6.08. The molecule has 0 saturated carbocycles. The summed E-state index contributed by atoms with van der Waals surface area (Å²) in [6.45, 7) is 0.423. The minimum Gasteiger partial charge on any atom is -0.495 e. The number of benzene rings is 1. The molecule has 0 aliphatic carbocycles. The fraction of sp³-hybridized carbons (Fsp3) is 0.364. The molecule has 0 radical (unpaired) electrons. The molecule has 8 heteroatoms. The molecule has 0 amide bonds. The van der Waals surface area contributed by atoms with Crippen molar-refractivity contribution in [3.05, 3.63) is 23.0 Å². The quantitative estimate of drug-likeness (QED) is 0.896. The van der Waals surface area contributed by atoms with Crippen LogP contribution in [-0.2, 0) is 13.6 Å². The monoisotopic (exact) mass is 283 g/mol. The van der Waals surface area contributed by atoms with E-state index in [0.717, 1.165) is 5.69 Å². The lowest BCUT2D eigenvalue weighted by Gasteiger charge is -2.12. The Bertz CT molecular complexity index is 572. The average Bonchev–Trinajstić information content (AvgIpc) is 2.82. The molecular weight excluding hydrogens is 270 g/mol. The van der Waals surface area contributed by atoms with Crippen molar-refractivity contribution in [2.24, 2.45) is 7.05 Å². The Labute approximate surface area is 115 Å². The predicted molar refractivity (Wildman–Crippen MR) is 70.7 cm³/mol. The van der Waals surface area contributed by atoms with Crippen LogP contribution in [0.25, 0.3) is 0 Å². The van der Waals surface area contributed by atoms with Crippen LogP contribution in [0.1, 0.15) is 5.82 Å². The summed E-state index contributed by atoms with van der Waals surface area (Å²) in [6.07, 6.45) is 0. The summed E-state index contributed by atoms with van der Waals surface area (Å²) in [4.78, 5) is 1.40. The maximum Gasteiger partial charge on any atom is 0.193 e. The van der Waals surface area contributed by atoms with E-state index in [-0.39, 0.29) is 0 Å². The highest BCUT2D eigenvalue weighted by Crippen LogP contribution is 2.35. The summed E-state index contributed by atoms with van der Waals surface area (Å²) in [6, 6.07) is 3.45. The maximum atomic E-state index is 6.08. The summed E-state index contributed by atoms with van der Waals surface area (Å²) in [5, 5.41) is 15.3. The summed E-state index contributed by atoms with van der Waals surface area (Å²) >= 11 is 6.08. The molecule has 0 saturated heterocycles. The van der Waals surface area contributed by atoms with Crippen molar-refractivity contribution in [1.29, 1.82) is 0 Å². The lowest BCUT2D eigenvalue weighted by atomic mass is 10.2. The average molecular weight is 284 g/mol. The minimum absolute atomic E-state index is 0.423. The van der Waals surface area contributed by atoms with Crippen LogP contribution >= 0.6 is 11.6 Å². The van der Waals surface area contributed by atoms with E-state index >= 15 is 0 Å². The van der Waals surface area contributed by atoms with Crippen LogP contribution in [0.2, 0.25) is 5.02 Å². The molecule has 2 aromatic rings. The van der Waals surface area contributed by atoms with E-state index in [1.165, 1.54) is 4.80 Å². The highest BCUT2D eigenvalue weighted by Gasteiger charge is 2.10. The predicted octanol–water partition coefficient (Wildman–Crippen LogP) is 1.49. The number of aromatic nitrogens is 4. The molecule has 1 aromatic heterocycles. The van der Waals surface area contributed by atoms with E-state index in [1.807, 2.05) is 0 Å². The lowest BCUT2D eigenvalue weighted by Crippen LogP contribution is -2.04. The van der Waals surface area contributed by atoms with Crippen molar-refractivity contribution in [3.8, 4) is 11.5 Å². The van der Waals surface area contributed by atoms with E-state index in [1.54, 1.807) is 33.4 Å². The smallest absolute Gasteiger partial charge is 0.193 e. The van der Waals surface area contributed by atoms with Gasteiger partial charge in [-0.2, -0.15) is 4.80 Å².